The molecule has 0 aromatic rings. The minimum absolute atomic E-state index is 0.350. The standard InChI is InChI=1S/C24H42N4O/c1-25-11-7-21(8-12-25)26-13-9-24(10-14-26)19-22(24)23(29)28-17-15-27(16-18-28)20-5-3-2-4-6-20/h20-22H,2-19H2,1H3. The third kappa shape index (κ3) is 4.24. The van der Waals surface area contributed by atoms with Gasteiger partial charge < -0.3 is 14.7 Å². The molecule has 5 nitrogen and oxygen atoms in total. The molecular weight excluding hydrogens is 360 g/mol. The molecule has 3 heterocycles. The summed E-state index contributed by atoms with van der Waals surface area (Å²) in [5.74, 6) is 0.851. The summed E-state index contributed by atoms with van der Waals surface area (Å²) in [4.78, 5) is 23.3. The maximum absolute atomic E-state index is 13.2. The molecule has 2 aliphatic carbocycles. The fourth-order valence-corrected chi connectivity index (χ4v) is 6.92. The molecule has 3 saturated heterocycles. The molecule has 5 heteroatoms. The lowest BCUT2D eigenvalue weighted by molar-refractivity contribution is -0.136. The molecule has 164 valence electrons. The van der Waals surface area contributed by atoms with Crippen molar-refractivity contribution in [2.45, 2.75) is 76.3 Å². The summed E-state index contributed by atoms with van der Waals surface area (Å²) in [6.07, 6.45) is 13.4. The molecule has 5 fully saturated rings. The summed E-state index contributed by atoms with van der Waals surface area (Å²) in [5.41, 5.74) is 0.375. The van der Waals surface area contributed by atoms with Gasteiger partial charge in [0.05, 0.1) is 0 Å². The molecule has 0 aromatic carbocycles. The second-order valence-electron chi connectivity index (χ2n) is 10.8. The molecule has 0 radical (unpaired) electrons. The Balaban J connectivity index is 1.07. The molecule has 1 atom stereocenters. The van der Waals surface area contributed by atoms with E-state index in [2.05, 4.69) is 26.6 Å². The summed E-state index contributed by atoms with van der Waals surface area (Å²) in [7, 11) is 2.25. The topological polar surface area (TPSA) is 30.0 Å². The molecule has 5 rings (SSSR count). The zero-order chi connectivity index (χ0) is 19.8. The van der Waals surface area contributed by atoms with Crippen molar-refractivity contribution in [2.75, 3.05) is 59.4 Å². The van der Waals surface area contributed by atoms with Crippen LogP contribution in [-0.2, 0) is 4.79 Å². The average molecular weight is 403 g/mol. The number of carbonyl (C=O) groups is 1. The van der Waals surface area contributed by atoms with Gasteiger partial charge in [0, 0.05) is 44.2 Å². The van der Waals surface area contributed by atoms with E-state index in [-0.39, 0.29) is 0 Å². The monoisotopic (exact) mass is 402 g/mol. The number of hydrogen-bond acceptors (Lipinski definition) is 4. The van der Waals surface area contributed by atoms with Gasteiger partial charge in [-0.15, -0.1) is 0 Å². The smallest absolute Gasteiger partial charge is 0.226 e. The highest BCUT2D eigenvalue weighted by atomic mass is 16.2. The van der Waals surface area contributed by atoms with E-state index >= 15 is 0 Å². The normalized spacial score (nSPS) is 33.3. The highest BCUT2D eigenvalue weighted by molar-refractivity contribution is 5.83. The molecule has 5 aliphatic rings. The van der Waals surface area contributed by atoms with Gasteiger partial charge in [0.2, 0.25) is 5.91 Å². The Morgan fingerprint density at radius 3 is 1.97 bits per heavy atom. The maximum atomic E-state index is 13.2. The van der Waals surface area contributed by atoms with Crippen LogP contribution in [0.4, 0.5) is 0 Å². The van der Waals surface area contributed by atoms with E-state index < -0.39 is 0 Å². The number of hydrogen-bond donors (Lipinski definition) is 0. The van der Waals surface area contributed by atoms with Crippen molar-refractivity contribution >= 4 is 5.91 Å². The van der Waals surface area contributed by atoms with Gasteiger partial charge in [-0.05, 0) is 83.6 Å². The third-order valence-corrected chi connectivity index (χ3v) is 9.20. The number of nitrogens with zero attached hydrogens (tertiary/aromatic N) is 4. The first-order chi connectivity index (χ1) is 14.1. The second kappa shape index (κ2) is 8.47. The summed E-state index contributed by atoms with van der Waals surface area (Å²) < 4.78 is 0. The minimum atomic E-state index is 0.350. The van der Waals surface area contributed by atoms with Crippen molar-refractivity contribution in [3.8, 4) is 0 Å². The Kier molecular flexibility index (Phi) is 5.92. The second-order valence-corrected chi connectivity index (χ2v) is 10.8. The van der Waals surface area contributed by atoms with Gasteiger partial charge in [0.1, 0.15) is 0 Å². The van der Waals surface area contributed by atoms with Gasteiger partial charge in [0.15, 0.2) is 0 Å². The van der Waals surface area contributed by atoms with Crippen molar-refractivity contribution in [1.82, 2.24) is 19.6 Å². The quantitative estimate of drug-likeness (QED) is 0.726. The zero-order valence-electron chi connectivity index (χ0n) is 18.7. The van der Waals surface area contributed by atoms with Gasteiger partial charge in [-0.2, -0.15) is 0 Å². The average Bonchev–Trinajstić information content (AvgIpc) is 3.48. The molecular formula is C24H42N4O. The van der Waals surface area contributed by atoms with E-state index in [1.807, 2.05) is 0 Å². The van der Waals surface area contributed by atoms with Crippen LogP contribution in [0.3, 0.4) is 0 Å². The van der Waals surface area contributed by atoms with Crippen LogP contribution in [0.2, 0.25) is 0 Å². The van der Waals surface area contributed by atoms with Crippen LogP contribution in [0.15, 0.2) is 0 Å². The lowest BCUT2D eigenvalue weighted by atomic mass is 9.88. The van der Waals surface area contributed by atoms with Crippen LogP contribution in [0.5, 0.6) is 0 Å². The first-order valence-corrected chi connectivity index (χ1v) is 12.6. The van der Waals surface area contributed by atoms with Crippen LogP contribution < -0.4 is 0 Å². The minimum Gasteiger partial charge on any atom is -0.340 e. The number of piperazine rings is 1. The molecule has 29 heavy (non-hydrogen) atoms. The van der Waals surface area contributed by atoms with Gasteiger partial charge >= 0.3 is 0 Å². The molecule has 1 unspecified atom stereocenters. The lowest BCUT2D eigenvalue weighted by Crippen LogP contribution is -2.53. The van der Waals surface area contributed by atoms with E-state index in [1.54, 1.807) is 0 Å². The first kappa shape index (κ1) is 20.3. The molecule has 3 aliphatic heterocycles. The molecule has 1 spiro atoms. The summed E-state index contributed by atoms with van der Waals surface area (Å²) >= 11 is 0. The molecule has 1 amide bonds. The number of amides is 1. The van der Waals surface area contributed by atoms with Crippen LogP contribution in [0.1, 0.15) is 64.2 Å². The largest absolute Gasteiger partial charge is 0.340 e. The van der Waals surface area contributed by atoms with Crippen LogP contribution in [0.25, 0.3) is 0 Å². The van der Waals surface area contributed by atoms with Crippen LogP contribution in [-0.4, -0.2) is 97.0 Å². The predicted molar refractivity (Wildman–Crippen MR) is 117 cm³/mol. The van der Waals surface area contributed by atoms with E-state index in [9.17, 15) is 4.79 Å². The Morgan fingerprint density at radius 1 is 0.724 bits per heavy atom. The summed E-state index contributed by atoms with van der Waals surface area (Å²) in [6.45, 7) is 9.13. The van der Waals surface area contributed by atoms with Crippen LogP contribution in [0, 0.1) is 11.3 Å². The SMILES string of the molecule is CN1CCC(N2CCC3(CC2)CC3C(=O)N2CCN(C3CCCCC3)CC2)CC1. The Labute approximate surface area is 177 Å². The molecule has 0 N–H and O–H groups in total. The zero-order valence-corrected chi connectivity index (χ0v) is 18.7. The van der Waals surface area contributed by atoms with Crippen molar-refractivity contribution in [3.05, 3.63) is 0 Å². The highest BCUT2D eigenvalue weighted by Crippen LogP contribution is 2.60. The fourth-order valence-electron chi connectivity index (χ4n) is 6.92. The van der Waals surface area contributed by atoms with Crippen molar-refractivity contribution in [1.29, 1.82) is 0 Å². The molecule has 0 bridgehead atoms. The Bertz CT molecular complexity index is 565. The van der Waals surface area contributed by atoms with Crippen molar-refractivity contribution in [2.24, 2.45) is 11.3 Å². The van der Waals surface area contributed by atoms with E-state index in [0.29, 0.717) is 17.2 Å². The van der Waals surface area contributed by atoms with Gasteiger partial charge in [-0.3, -0.25) is 9.69 Å². The van der Waals surface area contributed by atoms with Gasteiger partial charge in [-0.1, -0.05) is 19.3 Å². The Morgan fingerprint density at radius 2 is 1.31 bits per heavy atom. The lowest BCUT2D eigenvalue weighted by Gasteiger charge is -2.42. The van der Waals surface area contributed by atoms with Gasteiger partial charge in [0.25, 0.3) is 0 Å². The van der Waals surface area contributed by atoms with Crippen molar-refractivity contribution in [3.63, 3.8) is 0 Å². The maximum Gasteiger partial charge on any atom is 0.226 e. The third-order valence-electron chi connectivity index (χ3n) is 9.20. The summed E-state index contributed by atoms with van der Waals surface area (Å²) in [6, 6.07) is 1.60. The van der Waals surface area contributed by atoms with Gasteiger partial charge in [-0.25, -0.2) is 0 Å². The number of rotatable bonds is 3. The summed E-state index contributed by atoms with van der Waals surface area (Å²) in [5, 5.41) is 0. The van der Waals surface area contributed by atoms with E-state index in [0.717, 1.165) is 38.3 Å². The first-order valence-electron chi connectivity index (χ1n) is 12.6. The van der Waals surface area contributed by atoms with E-state index in [4.69, 9.17) is 0 Å². The van der Waals surface area contributed by atoms with E-state index in [1.165, 1.54) is 90.4 Å². The number of carbonyl (C=O) groups excluding carboxylic acids is 1. The number of piperidine rings is 2. The van der Waals surface area contributed by atoms with Crippen LogP contribution >= 0.6 is 0 Å². The predicted octanol–water partition coefficient (Wildman–Crippen LogP) is 2.66. The number of likely N-dealkylation sites (tertiary alicyclic amines) is 2. The van der Waals surface area contributed by atoms with Crippen molar-refractivity contribution < 1.29 is 4.79 Å². The fraction of sp³-hybridized carbons (Fsp3) is 0.958. The highest BCUT2D eigenvalue weighted by Gasteiger charge is 2.59. The Hall–Kier alpha value is -0.650. The molecule has 0 aromatic heterocycles. The molecule has 2 saturated carbocycles.